The molecule has 1 aliphatic rings. The molecule has 2 rings (SSSR count). The molecule has 0 saturated carbocycles. The summed E-state index contributed by atoms with van der Waals surface area (Å²) in [6, 6.07) is 3.45. The molecular weight excluding hydrogens is 702 g/mol. The van der Waals surface area contributed by atoms with Gasteiger partial charge < -0.3 is 40.3 Å². The van der Waals surface area contributed by atoms with Gasteiger partial charge in [-0.05, 0) is 55.3 Å². The van der Waals surface area contributed by atoms with E-state index in [0.717, 1.165) is 0 Å². The third kappa shape index (κ3) is 12.4. The maximum Gasteiger partial charge on any atom is 0.326 e. The molecule has 0 bridgehead atoms. The number of carbonyl (C=O) groups is 5. The van der Waals surface area contributed by atoms with Crippen molar-refractivity contribution in [2.75, 3.05) is 34.9 Å². The third-order valence-corrected chi connectivity index (χ3v) is 10.9. The summed E-state index contributed by atoms with van der Waals surface area (Å²) in [7, 11) is 6.43. The van der Waals surface area contributed by atoms with Crippen LogP contribution in [0.25, 0.3) is 0 Å². The zero-order valence-corrected chi connectivity index (χ0v) is 34.2. The lowest BCUT2D eigenvalue weighted by molar-refractivity contribution is -0.148. The van der Waals surface area contributed by atoms with Gasteiger partial charge in [-0.3, -0.25) is 19.2 Å². The maximum atomic E-state index is 14.1. The molecule has 0 aromatic heterocycles. The number of hydrogen-bond donors (Lipinski definition) is 4. The van der Waals surface area contributed by atoms with Crippen molar-refractivity contribution in [2.45, 2.75) is 123 Å². The Balaban J connectivity index is 2.27. The van der Waals surface area contributed by atoms with Crippen LogP contribution in [0.5, 0.6) is 0 Å². The van der Waals surface area contributed by atoms with Gasteiger partial charge in [0.05, 0.1) is 42.7 Å². The van der Waals surface area contributed by atoms with E-state index in [4.69, 9.17) is 21.1 Å². The normalized spacial score (nSPS) is 19.1. The molecule has 9 atom stereocenters. The lowest BCUT2D eigenvalue weighted by Crippen LogP contribution is -2.59. The van der Waals surface area contributed by atoms with Crippen LogP contribution in [0, 0.1) is 23.7 Å². The maximum absolute atomic E-state index is 14.1. The molecule has 0 spiro atoms. The fourth-order valence-electron chi connectivity index (χ4n) is 7.45. The van der Waals surface area contributed by atoms with Crippen LogP contribution in [0.2, 0.25) is 5.02 Å². The van der Waals surface area contributed by atoms with Gasteiger partial charge in [0.1, 0.15) is 12.1 Å². The molecule has 1 saturated heterocycles. The number of halogens is 1. The van der Waals surface area contributed by atoms with E-state index in [-0.39, 0.29) is 48.3 Å². The van der Waals surface area contributed by atoms with Crippen LogP contribution in [0.4, 0.5) is 0 Å². The number of carboxylic acid groups (broad SMARTS) is 1. The van der Waals surface area contributed by atoms with Gasteiger partial charge in [0.25, 0.3) is 0 Å². The van der Waals surface area contributed by atoms with Crippen LogP contribution in [0.3, 0.4) is 0 Å². The van der Waals surface area contributed by atoms with Gasteiger partial charge in [-0.25, -0.2) is 4.79 Å². The number of carboxylic acids is 1. The predicted octanol–water partition coefficient (Wildman–Crippen LogP) is 3.76. The quantitative estimate of drug-likeness (QED) is 0.146. The monoisotopic (exact) mass is 765 g/mol. The molecule has 4 N–H and O–H groups in total. The Labute approximate surface area is 321 Å². The topological polar surface area (TPSA) is 167 Å². The van der Waals surface area contributed by atoms with Crippen LogP contribution in [-0.4, -0.2) is 122 Å². The number of likely N-dealkylation sites (N-methyl/N-ethyl adjacent to an activating group) is 2. The van der Waals surface area contributed by atoms with Gasteiger partial charge in [0, 0.05) is 39.3 Å². The second-order valence-electron chi connectivity index (χ2n) is 15.1. The molecule has 53 heavy (non-hydrogen) atoms. The van der Waals surface area contributed by atoms with E-state index in [0.29, 0.717) is 36.4 Å². The van der Waals surface area contributed by atoms with Crippen LogP contribution in [0.15, 0.2) is 24.3 Å². The number of rotatable bonds is 21. The number of carbonyl (C=O) groups excluding carboxylic acids is 4. The van der Waals surface area contributed by atoms with E-state index >= 15 is 0 Å². The standard InChI is InChI=1S/C39H64ClN5O8/c1-12-24(6)34(44(9)38(49)33(23(4)5)43-37(48)32(41-8)22(2)3)30(52-10)21-31(46)45-18-14-17-29(45)35(53-11)25(7)36(47)42-28(39(50)51)20-26-15-13-16-27(40)19-26/h13,15-16,19,22-25,28-30,32-35,41H,12,14,17-18,20-21H2,1-11H3,(H,42,47)(H,43,48)(H,50,51)/t24?,25-,28?,29+,30?,32?,33+,34?,35?/m1/s1. The van der Waals surface area contributed by atoms with Crippen LogP contribution >= 0.6 is 11.6 Å². The summed E-state index contributed by atoms with van der Waals surface area (Å²) in [6.45, 7) is 13.8. The highest BCUT2D eigenvalue weighted by Gasteiger charge is 2.43. The molecule has 0 radical (unpaired) electrons. The minimum absolute atomic E-state index is 0.0169. The molecule has 14 heteroatoms. The van der Waals surface area contributed by atoms with Crippen molar-refractivity contribution >= 4 is 41.2 Å². The number of methoxy groups -OCH3 is 2. The second kappa shape index (κ2) is 21.6. The second-order valence-corrected chi connectivity index (χ2v) is 15.5. The first kappa shape index (κ1) is 45.9. The average Bonchev–Trinajstić information content (AvgIpc) is 3.59. The van der Waals surface area contributed by atoms with Gasteiger partial charge in [0.15, 0.2) is 0 Å². The van der Waals surface area contributed by atoms with E-state index < -0.39 is 60.2 Å². The molecule has 4 amide bonds. The summed E-state index contributed by atoms with van der Waals surface area (Å²) in [5, 5.41) is 19.0. The average molecular weight is 766 g/mol. The van der Waals surface area contributed by atoms with Gasteiger partial charge >= 0.3 is 5.97 Å². The minimum atomic E-state index is -1.19. The fourth-order valence-corrected chi connectivity index (χ4v) is 7.67. The van der Waals surface area contributed by atoms with E-state index in [1.165, 1.54) is 14.2 Å². The summed E-state index contributed by atoms with van der Waals surface area (Å²) >= 11 is 6.08. The Hall–Kier alpha value is -3.26. The van der Waals surface area contributed by atoms with E-state index in [9.17, 15) is 29.1 Å². The summed E-state index contributed by atoms with van der Waals surface area (Å²) < 4.78 is 11.8. The summed E-state index contributed by atoms with van der Waals surface area (Å²) in [5.74, 6) is -3.41. The Kier molecular flexibility index (Phi) is 18.7. The van der Waals surface area contributed by atoms with Gasteiger partial charge in [-0.2, -0.15) is 0 Å². The number of aliphatic carboxylic acids is 1. The Morgan fingerprint density at radius 2 is 1.62 bits per heavy atom. The lowest BCUT2D eigenvalue weighted by Gasteiger charge is -2.41. The van der Waals surface area contributed by atoms with Crippen molar-refractivity contribution in [2.24, 2.45) is 23.7 Å². The smallest absolute Gasteiger partial charge is 0.326 e. The van der Waals surface area contributed by atoms with E-state index in [1.54, 1.807) is 55.1 Å². The highest BCUT2D eigenvalue weighted by Crippen LogP contribution is 2.30. The Morgan fingerprint density at radius 3 is 2.13 bits per heavy atom. The number of nitrogens with one attached hydrogen (secondary N) is 3. The number of nitrogens with zero attached hydrogens (tertiary/aromatic N) is 2. The Bertz CT molecular complexity index is 1380. The largest absolute Gasteiger partial charge is 0.480 e. The van der Waals surface area contributed by atoms with Crippen LogP contribution in [0.1, 0.15) is 79.7 Å². The highest BCUT2D eigenvalue weighted by atomic mass is 35.5. The van der Waals surface area contributed by atoms with E-state index in [1.807, 2.05) is 41.5 Å². The van der Waals surface area contributed by atoms with Crippen molar-refractivity contribution < 1.29 is 38.6 Å². The van der Waals surface area contributed by atoms with Gasteiger partial charge in [-0.1, -0.05) is 78.6 Å². The summed E-state index contributed by atoms with van der Waals surface area (Å²) in [5.41, 5.74) is 0.669. The highest BCUT2D eigenvalue weighted by molar-refractivity contribution is 6.30. The molecule has 1 aliphatic heterocycles. The third-order valence-electron chi connectivity index (χ3n) is 10.7. The van der Waals surface area contributed by atoms with Crippen molar-refractivity contribution in [1.29, 1.82) is 0 Å². The summed E-state index contributed by atoms with van der Waals surface area (Å²) in [4.78, 5) is 70.4. The first-order valence-corrected chi connectivity index (χ1v) is 19.2. The van der Waals surface area contributed by atoms with Crippen molar-refractivity contribution in [1.82, 2.24) is 25.8 Å². The SMILES string of the molecule is CCC(C)C(C(CC(=O)N1CCC[C@H]1C(OC)[C@@H](C)C(=O)NC(Cc1cccc(Cl)c1)C(=O)O)OC)N(C)C(=O)[C@@H](NC(=O)C(NC)C(C)C)C(C)C. The van der Waals surface area contributed by atoms with Crippen molar-refractivity contribution in [3.8, 4) is 0 Å². The van der Waals surface area contributed by atoms with Gasteiger partial charge in [-0.15, -0.1) is 0 Å². The van der Waals surface area contributed by atoms with Crippen molar-refractivity contribution in [3.63, 3.8) is 0 Å². The molecular formula is C39H64ClN5O8. The van der Waals surface area contributed by atoms with Crippen LogP contribution < -0.4 is 16.0 Å². The zero-order chi connectivity index (χ0) is 40.2. The fraction of sp³-hybridized carbons (Fsp3) is 0.718. The minimum Gasteiger partial charge on any atom is -0.480 e. The molecule has 1 aromatic carbocycles. The molecule has 300 valence electrons. The molecule has 1 heterocycles. The predicted molar refractivity (Wildman–Crippen MR) is 205 cm³/mol. The molecule has 13 nitrogen and oxygen atoms in total. The number of ether oxygens (including phenoxy) is 2. The first-order valence-electron chi connectivity index (χ1n) is 18.8. The molecule has 6 unspecified atom stereocenters. The van der Waals surface area contributed by atoms with Crippen molar-refractivity contribution in [3.05, 3.63) is 34.9 Å². The lowest BCUT2D eigenvalue weighted by atomic mass is 9.89. The first-order chi connectivity index (χ1) is 24.9. The van der Waals surface area contributed by atoms with E-state index in [2.05, 4.69) is 16.0 Å². The Morgan fingerprint density at radius 1 is 0.981 bits per heavy atom. The molecule has 0 aliphatic carbocycles. The number of amides is 4. The van der Waals surface area contributed by atoms with Crippen LogP contribution in [-0.2, 0) is 39.9 Å². The molecule has 1 fully saturated rings. The summed E-state index contributed by atoms with van der Waals surface area (Å²) in [6.07, 6.45) is 0.654. The number of benzene rings is 1. The molecule has 1 aromatic rings. The number of hydrogen-bond acceptors (Lipinski definition) is 8. The van der Waals surface area contributed by atoms with Gasteiger partial charge in [0.2, 0.25) is 23.6 Å². The number of likely N-dealkylation sites (tertiary alicyclic amines) is 1. The zero-order valence-electron chi connectivity index (χ0n) is 33.5.